The van der Waals surface area contributed by atoms with Gasteiger partial charge in [0.1, 0.15) is 0 Å². The van der Waals surface area contributed by atoms with Gasteiger partial charge in [-0.2, -0.15) is 0 Å². The predicted octanol–water partition coefficient (Wildman–Crippen LogP) is -0.00350. The Balaban J connectivity index is 1.97. The Kier molecular flexibility index (Phi) is 3.34. The highest BCUT2D eigenvalue weighted by molar-refractivity contribution is 5.71. The standard InChI is InChI=1S/C8H17N3O/c1-11(8(9)12)4-2-3-7-5-10-6-7/h7,10H,2-6H2,1H3,(H2,9,12). The summed E-state index contributed by atoms with van der Waals surface area (Å²) >= 11 is 0. The third kappa shape index (κ3) is 2.70. The van der Waals surface area contributed by atoms with E-state index in [1.165, 1.54) is 6.42 Å². The number of carbonyl (C=O) groups excluding carboxylic acids is 1. The van der Waals surface area contributed by atoms with Crippen molar-refractivity contribution in [3.8, 4) is 0 Å². The Bertz CT molecular complexity index is 156. The van der Waals surface area contributed by atoms with Crippen molar-refractivity contribution < 1.29 is 4.79 Å². The molecule has 1 aliphatic heterocycles. The van der Waals surface area contributed by atoms with Crippen LogP contribution in [0.1, 0.15) is 12.8 Å². The van der Waals surface area contributed by atoms with E-state index in [1.807, 2.05) is 0 Å². The molecule has 1 fully saturated rings. The molecule has 1 heterocycles. The summed E-state index contributed by atoms with van der Waals surface area (Å²) < 4.78 is 0. The van der Waals surface area contributed by atoms with Crippen molar-refractivity contribution in [1.82, 2.24) is 10.2 Å². The molecule has 0 aromatic rings. The maximum absolute atomic E-state index is 10.6. The van der Waals surface area contributed by atoms with E-state index in [2.05, 4.69) is 5.32 Å². The van der Waals surface area contributed by atoms with E-state index in [4.69, 9.17) is 5.73 Å². The van der Waals surface area contributed by atoms with Gasteiger partial charge in [-0.3, -0.25) is 0 Å². The SMILES string of the molecule is CN(CCCC1CNC1)C(N)=O. The Hall–Kier alpha value is -0.770. The summed E-state index contributed by atoms with van der Waals surface area (Å²) in [6.07, 6.45) is 2.26. The molecule has 2 amide bonds. The summed E-state index contributed by atoms with van der Waals surface area (Å²) in [7, 11) is 1.74. The number of urea groups is 1. The summed E-state index contributed by atoms with van der Waals surface area (Å²) in [6.45, 7) is 3.06. The van der Waals surface area contributed by atoms with Crippen LogP contribution in [0, 0.1) is 5.92 Å². The zero-order chi connectivity index (χ0) is 8.97. The zero-order valence-corrected chi connectivity index (χ0v) is 7.55. The Labute approximate surface area is 73.1 Å². The molecule has 0 spiro atoms. The van der Waals surface area contributed by atoms with Gasteiger partial charge in [-0.25, -0.2) is 4.79 Å². The summed E-state index contributed by atoms with van der Waals surface area (Å²) in [5.41, 5.74) is 5.07. The minimum atomic E-state index is -0.332. The van der Waals surface area contributed by atoms with Crippen molar-refractivity contribution in [3.63, 3.8) is 0 Å². The zero-order valence-electron chi connectivity index (χ0n) is 7.55. The van der Waals surface area contributed by atoms with E-state index in [1.54, 1.807) is 11.9 Å². The molecule has 12 heavy (non-hydrogen) atoms. The molecule has 3 N–H and O–H groups in total. The van der Waals surface area contributed by atoms with Crippen molar-refractivity contribution in [1.29, 1.82) is 0 Å². The molecule has 0 aromatic carbocycles. The van der Waals surface area contributed by atoms with E-state index in [9.17, 15) is 4.79 Å². The molecule has 0 saturated carbocycles. The Morgan fingerprint density at radius 3 is 2.75 bits per heavy atom. The van der Waals surface area contributed by atoms with Crippen molar-refractivity contribution >= 4 is 6.03 Å². The monoisotopic (exact) mass is 171 g/mol. The molecule has 1 rings (SSSR count). The van der Waals surface area contributed by atoms with Crippen LogP contribution in [0.5, 0.6) is 0 Å². The lowest BCUT2D eigenvalue weighted by molar-refractivity contribution is 0.214. The number of carbonyl (C=O) groups is 1. The minimum Gasteiger partial charge on any atom is -0.351 e. The molecule has 70 valence electrons. The largest absolute Gasteiger partial charge is 0.351 e. The van der Waals surface area contributed by atoms with Crippen LogP contribution in [0.2, 0.25) is 0 Å². The molecule has 0 aromatic heterocycles. The van der Waals surface area contributed by atoms with Crippen molar-refractivity contribution in [2.75, 3.05) is 26.7 Å². The second kappa shape index (κ2) is 4.30. The first kappa shape index (κ1) is 9.32. The van der Waals surface area contributed by atoms with Crippen molar-refractivity contribution in [3.05, 3.63) is 0 Å². The van der Waals surface area contributed by atoms with E-state index in [0.29, 0.717) is 0 Å². The van der Waals surface area contributed by atoms with E-state index >= 15 is 0 Å². The molecular formula is C8H17N3O. The fraction of sp³-hybridized carbons (Fsp3) is 0.875. The van der Waals surface area contributed by atoms with Gasteiger partial charge >= 0.3 is 6.03 Å². The quantitative estimate of drug-likeness (QED) is 0.625. The maximum Gasteiger partial charge on any atom is 0.314 e. The number of hydrogen-bond acceptors (Lipinski definition) is 2. The molecular weight excluding hydrogens is 154 g/mol. The van der Waals surface area contributed by atoms with Crippen LogP contribution in [0.25, 0.3) is 0 Å². The summed E-state index contributed by atoms with van der Waals surface area (Å²) in [4.78, 5) is 12.2. The van der Waals surface area contributed by atoms with Crippen molar-refractivity contribution in [2.45, 2.75) is 12.8 Å². The number of nitrogens with one attached hydrogen (secondary N) is 1. The summed E-state index contributed by atoms with van der Waals surface area (Å²) in [5, 5.41) is 3.22. The number of hydrogen-bond donors (Lipinski definition) is 2. The minimum absolute atomic E-state index is 0.332. The maximum atomic E-state index is 10.6. The van der Waals surface area contributed by atoms with Crippen LogP contribution in [0.4, 0.5) is 4.79 Å². The topological polar surface area (TPSA) is 58.4 Å². The number of nitrogens with zero attached hydrogens (tertiary/aromatic N) is 1. The fourth-order valence-corrected chi connectivity index (χ4v) is 1.28. The van der Waals surface area contributed by atoms with Crippen LogP contribution in [-0.4, -0.2) is 37.6 Å². The lowest BCUT2D eigenvalue weighted by Crippen LogP contribution is -2.42. The molecule has 0 radical (unpaired) electrons. The smallest absolute Gasteiger partial charge is 0.314 e. The van der Waals surface area contributed by atoms with Gasteiger partial charge in [0, 0.05) is 13.6 Å². The highest BCUT2D eigenvalue weighted by atomic mass is 16.2. The molecule has 4 nitrogen and oxygen atoms in total. The van der Waals surface area contributed by atoms with E-state index < -0.39 is 0 Å². The normalized spacial score (nSPS) is 17.1. The lowest BCUT2D eigenvalue weighted by Gasteiger charge is -2.27. The molecule has 1 aliphatic rings. The van der Waals surface area contributed by atoms with Gasteiger partial charge in [-0.1, -0.05) is 0 Å². The van der Waals surface area contributed by atoms with E-state index in [-0.39, 0.29) is 6.03 Å². The van der Waals surface area contributed by atoms with Crippen LogP contribution in [0.3, 0.4) is 0 Å². The van der Waals surface area contributed by atoms with Gasteiger partial charge in [0.15, 0.2) is 0 Å². The fourth-order valence-electron chi connectivity index (χ4n) is 1.28. The van der Waals surface area contributed by atoms with Gasteiger partial charge in [-0.15, -0.1) is 0 Å². The number of nitrogens with two attached hydrogens (primary N) is 1. The third-order valence-corrected chi connectivity index (χ3v) is 2.35. The summed E-state index contributed by atoms with van der Waals surface area (Å²) in [6, 6.07) is -0.332. The van der Waals surface area contributed by atoms with Gasteiger partial charge < -0.3 is 16.0 Å². The predicted molar refractivity (Wildman–Crippen MR) is 47.8 cm³/mol. The second-order valence-electron chi connectivity index (χ2n) is 3.43. The first-order valence-corrected chi connectivity index (χ1v) is 4.41. The average molecular weight is 171 g/mol. The number of primary amides is 1. The van der Waals surface area contributed by atoms with E-state index in [0.717, 1.165) is 32.0 Å². The highest BCUT2D eigenvalue weighted by Crippen LogP contribution is 2.10. The lowest BCUT2D eigenvalue weighted by atomic mass is 9.97. The third-order valence-electron chi connectivity index (χ3n) is 2.35. The average Bonchev–Trinajstić information content (AvgIpc) is 1.93. The molecule has 4 heteroatoms. The van der Waals surface area contributed by atoms with Gasteiger partial charge in [0.2, 0.25) is 0 Å². The summed E-state index contributed by atoms with van der Waals surface area (Å²) in [5.74, 6) is 0.825. The Morgan fingerprint density at radius 2 is 2.33 bits per heavy atom. The Morgan fingerprint density at radius 1 is 1.67 bits per heavy atom. The second-order valence-corrected chi connectivity index (χ2v) is 3.43. The van der Waals surface area contributed by atoms with Gasteiger partial charge in [-0.05, 0) is 31.8 Å². The highest BCUT2D eigenvalue weighted by Gasteiger charge is 2.16. The molecule has 1 saturated heterocycles. The molecule has 0 atom stereocenters. The van der Waals surface area contributed by atoms with Gasteiger partial charge in [0.25, 0.3) is 0 Å². The molecule has 0 unspecified atom stereocenters. The van der Waals surface area contributed by atoms with Crippen LogP contribution in [0.15, 0.2) is 0 Å². The number of rotatable bonds is 4. The molecule has 0 bridgehead atoms. The van der Waals surface area contributed by atoms with Crippen LogP contribution in [-0.2, 0) is 0 Å². The number of amides is 2. The van der Waals surface area contributed by atoms with Crippen LogP contribution < -0.4 is 11.1 Å². The first-order chi connectivity index (χ1) is 5.70. The molecule has 0 aliphatic carbocycles. The first-order valence-electron chi connectivity index (χ1n) is 4.41. The van der Waals surface area contributed by atoms with Crippen LogP contribution >= 0.6 is 0 Å². The van der Waals surface area contributed by atoms with Crippen molar-refractivity contribution in [2.24, 2.45) is 11.7 Å². The van der Waals surface area contributed by atoms with Gasteiger partial charge in [0.05, 0.1) is 0 Å².